The number of halogens is 1. The molecule has 0 fully saturated rings. The van der Waals surface area contributed by atoms with Crippen molar-refractivity contribution in [3.63, 3.8) is 0 Å². The zero-order valence-electron chi connectivity index (χ0n) is 16.8. The molecule has 4 rings (SSSR count). The Morgan fingerprint density at radius 1 is 1.10 bits per heavy atom. The monoisotopic (exact) mass is 438 g/mol. The largest absolute Gasteiger partial charge is 0.329 e. The van der Waals surface area contributed by atoms with Crippen molar-refractivity contribution in [1.29, 1.82) is 0 Å². The smallest absolute Gasteiger partial charge is 0.254 e. The second kappa shape index (κ2) is 8.62. The van der Waals surface area contributed by atoms with Gasteiger partial charge in [-0.05, 0) is 53.3 Å². The fraction of sp³-hybridized carbons (Fsp3) is 0.250. The van der Waals surface area contributed by atoms with Gasteiger partial charge in [-0.2, -0.15) is 0 Å². The Morgan fingerprint density at radius 2 is 1.83 bits per heavy atom. The number of fused-ring (bicyclic) bond motifs is 1. The molecule has 154 valence electrons. The van der Waals surface area contributed by atoms with Crippen LogP contribution in [0.5, 0.6) is 0 Å². The molecule has 1 aromatic heterocycles. The van der Waals surface area contributed by atoms with Gasteiger partial charge in [-0.3, -0.25) is 9.59 Å². The summed E-state index contributed by atoms with van der Waals surface area (Å²) < 4.78 is 0. The summed E-state index contributed by atoms with van der Waals surface area (Å²) in [6.45, 7) is 4.75. The van der Waals surface area contributed by atoms with Gasteiger partial charge < -0.3 is 10.2 Å². The predicted octanol–water partition coefficient (Wildman–Crippen LogP) is 5.98. The molecule has 0 aliphatic carbocycles. The lowest BCUT2D eigenvalue weighted by Gasteiger charge is -2.42. The van der Waals surface area contributed by atoms with Crippen LogP contribution in [-0.2, 0) is 4.79 Å². The Hall–Kier alpha value is -2.63. The maximum atomic E-state index is 13.6. The molecule has 2 amide bonds. The minimum atomic E-state index is -0.507. The van der Waals surface area contributed by atoms with E-state index in [1.807, 2.05) is 46.7 Å². The van der Waals surface area contributed by atoms with Crippen molar-refractivity contribution in [3.05, 3.63) is 87.1 Å². The van der Waals surface area contributed by atoms with Crippen LogP contribution in [0.2, 0.25) is 5.02 Å². The Bertz CT molecular complexity index is 1050. The van der Waals surface area contributed by atoms with Crippen molar-refractivity contribution in [2.75, 3.05) is 11.9 Å². The van der Waals surface area contributed by atoms with Crippen LogP contribution >= 0.6 is 22.9 Å². The average molecular weight is 439 g/mol. The summed E-state index contributed by atoms with van der Waals surface area (Å²) in [5, 5.41) is 5.63. The van der Waals surface area contributed by atoms with Crippen LogP contribution in [0.1, 0.15) is 46.6 Å². The second-order valence-electron chi connectivity index (χ2n) is 7.87. The normalized spacial score (nSPS) is 18.4. The summed E-state index contributed by atoms with van der Waals surface area (Å²) in [5.74, 6) is -0.383. The minimum absolute atomic E-state index is 0.0201. The highest BCUT2D eigenvalue weighted by atomic mass is 35.5. The first-order valence-corrected chi connectivity index (χ1v) is 11.2. The molecule has 2 atom stereocenters. The number of carbonyl (C=O) groups is 2. The Morgan fingerprint density at radius 3 is 2.50 bits per heavy atom. The molecule has 6 heteroatoms. The standard InChI is InChI=1S/C24H23ClN2O2S/c1-15(2)14-27-22(20-8-5-13-30-20)21(18-6-3-4-7-19(18)24(27)29)23(28)26-17-11-9-16(25)10-12-17/h3-13,15,21-22H,14H2,1-2H3,(H,26,28)/t21-,22+/m1/s1. The first-order chi connectivity index (χ1) is 14.5. The molecule has 1 aliphatic rings. The molecule has 3 aromatic rings. The van der Waals surface area contributed by atoms with Gasteiger partial charge in [0, 0.05) is 27.7 Å². The molecule has 4 nitrogen and oxygen atoms in total. The lowest BCUT2D eigenvalue weighted by molar-refractivity contribution is -0.119. The third-order valence-electron chi connectivity index (χ3n) is 5.23. The molecule has 1 N–H and O–H groups in total. The number of rotatable bonds is 5. The highest BCUT2D eigenvalue weighted by Crippen LogP contribution is 2.45. The van der Waals surface area contributed by atoms with Crippen molar-refractivity contribution in [2.45, 2.75) is 25.8 Å². The van der Waals surface area contributed by atoms with Crippen LogP contribution < -0.4 is 5.32 Å². The van der Waals surface area contributed by atoms with Gasteiger partial charge in [0.25, 0.3) is 5.91 Å². The van der Waals surface area contributed by atoms with E-state index in [1.165, 1.54) is 0 Å². The fourth-order valence-electron chi connectivity index (χ4n) is 4.00. The van der Waals surface area contributed by atoms with E-state index in [0.717, 1.165) is 10.4 Å². The first kappa shape index (κ1) is 20.6. The van der Waals surface area contributed by atoms with Gasteiger partial charge in [0.05, 0.1) is 12.0 Å². The number of amides is 2. The van der Waals surface area contributed by atoms with Gasteiger partial charge in [0.2, 0.25) is 5.91 Å². The molecule has 0 radical (unpaired) electrons. The lowest BCUT2D eigenvalue weighted by atomic mass is 9.81. The van der Waals surface area contributed by atoms with Gasteiger partial charge in [-0.25, -0.2) is 0 Å². The molecular formula is C24H23ClN2O2S. The number of hydrogen-bond acceptors (Lipinski definition) is 3. The average Bonchev–Trinajstić information content (AvgIpc) is 3.25. The van der Waals surface area contributed by atoms with E-state index in [2.05, 4.69) is 19.2 Å². The summed E-state index contributed by atoms with van der Waals surface area (Å²) in [6.07, 6.45) is 0. The van der Waals surface area contributed by atoms with Crippen molar-refractivity contribution in [2.24, 2.45) is 5.92 Å². The van der Waals surface area contributed by atoms with Crippen LogP contribution in [0.15, 0.2) is 66.0 Å². The van der Waals surface area contributed by atoms with Crippen LogP contribution in [-0.4, -0.2) is 23.3 Å². The quantitative estimate of drug-likeness (QED) is 0.532. The number of benzene rings is 2. The predicted molar refractivity (Wildman–Crippen MR) is 122 cm³/mol. The van der Waals surface area contributed by atoms with Crippen molar-refractivity contribution in [3.8, 4) is 0 Å². The zero-order chi connectivity index (χ0) is 21.3. The maximum Gasteiger partial charge on any atom is 0.254 e. The van der Waals surface area contributed by atoms with E-state index in [1.54, 1.807) is 35.6 Å². The SMILES string of the molecule is CC(C)CN1C(=O)c2ccccc2[C@@H](C(=O)Nc2ccc(Cl)cc2)[C@@H]1c1cccs1. The number of anilines is 1. The summed E-state index contributed by atoms with van der Waals surface area (Å²) in [6, 6.07) is 18.1. The van der Waals surface area contributed by atoms with Crippen LogP contribution in [0.3, 0.4) is 0 Å². The molecule has 2 heterocycles. The molecule has 1 aliphatic heterocycles. The summed E-state index contributed by atoms with van der Waals surface area (Å²) >= 11 is 7.56. The first-order valence-electron chi connectivity index (χ1n) is 9.95. The third-order valence-corrected chi connectivity index (χ3v) is 6.42. The molecule has 0 unspecified atom stereocenters. The van der Waals surface area contributed by atoms with Gasteiger partial charge in [-0.1, -0.05) is 49.7 Å². The summed E-state index contributed by atoms with van der Waals surface area (Å²) in [4.78, 5) is 29.9. The van der Waals surface area contributed by atoms with Gasteiger partial charge >= 0.3 is 0 Å². The Kier molecular flexibility index (Phi) is 5.93. The number of carbonyl (C=O) groups excluding carboxylic acids is 2. The Labute approximate surface area is 185 Å². The van der Waals surface area contributed by atoms with Crippen LogP contribution in [0.25, 0.3) is 0 Å². The molecule has 0 bridgehead atoms. The topological polar surface area (TPSA) is 49.4 Å². The summed E-state index contributed by atoms with van der Waals surface area (Å²) in [7, 11) is 0. The number of hydrogen-bond donors (Lipinski definition) is 1. The van der Waals surface area contributed by atoms with Crippen LogP contribution in [0, 0.1) is 5.92 Å². The lowest BCUT2D eigenvalue weighted by Crippen LogP contribution is -2.47. The number of thiophene rings is 1. The molecule has 0 saturated heterocycles. The van der Waals surface area contributed by atoms with Gasteiger partial charge in [0.15, 0.2) is 0 Å². The van der Waals surface area contributed by atoms with Crippen molar-refractivity contribution >= 4 is 40.4 Å². The van der Waals surface area contributed by atoms with Crippen LogP contribution in [0.4, 0.5) is 5.69 Å². The molecule has 2 aromatic carbocycles. The zero-order valence-corrected chi connectivity index (χ0v) is 18.4. The van der Waals surface area contributed by atoms with Crippen molar-refractivity contribution in [1.82, 2.24) is 4.90 Å². The Balaban J connectivity index is 1.80. The second-order valence-corrected chi connectivity index (χ2v) is 9.29. The molecule has 30 heavy (non-hydrogen) atoms. The molecule has 0 saturated carbocycles. The van der Waals surface area contributed by atoms with Gasteiger partial charge in [-0.15, -0.1) is 11.3 Å². The van der Waals surface area contributed by atoms with E-state index in [-0.39, 0.29) is 23.8 Å². The highest BCUT2D eigenvalue weighted by molar-refractivity contribution is 7.10. The van der Waals surface area contributed by atoms with E-state index < -0.39 is 5.92 Å². The number of nitrogens with zero attached hydrogens (tertiary/aromatic N) is 1. The van der Waals surface area contributed by atoms with E-state index >= 15 is 0 Å². The molecular weight excluding hydrogens is 416 g/mol. The summed E-state index contributed by atoms with van der Waals surface area (Å²) in [5.41, 5.74) is 2.05. The minimum Gasteiger partial charge on any atom is -0.329 e. The fourth-order valence-corrected chi connectivity index (χ4v) is 5.00. The van der Waals surface area contributed by atoms with Crippen molar-refractivity contribution < 1.29 is 9.59 Å². The van der Waals surface area contributed by atoms with Gasteiger partial charge in [0.1, 0.15) is 0 Å². The van der Waals surface area contributed by atoms with E-state index in [4.69, 9.17) is 11.6 Å². The van der Waals surface area contributed by atoms with E-state index in [0.29, 0.717) is 22.8 Å². The van der Waals surface area contributed by atoms with E-state index in [9.17, 15) is 9.59 Å². The third kappa shape index (κ3) is 4.00. The number of nitrogens with one attached hydrogen (secondary N) is 1. The highest BCUT2D eigenvalue weighted by Gasteiger charge is 2.44. The maximum absolute atomic E-state index is 13.6. The molecule has 0 spiro atoms.